The van der Waals surface area contributed by atoms with Crippen LogP contribution in [0.15, 0.2) is 27.4 Å². The first-order valence-corrected chi connectivity index (χ1v) is 8.11. The molecule has 2 aromatic rings. The van der Waals surface area contributed by atoms with Gasteiger partial charge in [-0.1, -0.05) is 38.3 Å². The normalized spacial score (nSPS) is 10.8. The van der Waals surface area contributed by atoms with Gasteiger partial charge >= 0.3 is 0 Å². The molecule has 2 rings (SSSR count). The summed E-state index contributed by atoms with van der Waals surface area (Å²) in [5.41, 5.74) is 1.55. The minimum atomic E-state index is -0.145. The molecule has 0 radical (unpaired) electrons. The van der Waals surface area contributed by atoms with E-state index in [1.807, 2.05) is 0 Å². The predicted molar refractivity (Wildman–Crippen MR) is 84.0 cm³/mol. The molecule has 0 bridgehead atoms. The van der Waals surface area contributed by atoms with Crippen LogP contribution in [0.1, 0.15) is 37.9 Å². The fraction of sp³-hybridized carbons (Fsp3) is 0.429. The van der Waals surface area contributed by atoms with E-state index >= 15 is 0 Å². The predicted octanol–water partition coefficient (Wildman–Crippen LogP) is 3.27. The third-order valence-corrected chi connectivity index (χ3v) is 4.08. The van der Waals surface area contributed by atoms with E-state index in [4.69, 9.17) is 11.6 Å². The third kappa shape index (κ3) is 4.28. The third-order valence-electron chi connectivity index (χ3n) is 2.83. The van der Waals surface area contributed by atoms with Gasteiger partial charge in [-0.2, -0.15) is 0 Å². The fourth-order valence-corrected chi connectivity index (χ4v) is 3.13. The number of aromatic nitrogens is 4. The Morgan fingerprint density at radius 2 is 2.00 bits per heavy atom. The van der Waals surface area contributed by atoms with E-state index < -0.39 is 0 Å². The molecule has 2 aromatic heterocycles. The zero-order valence-electron chi connectivity index (χ0n) is 12.0. The van der Waals surface area contributed by atoms with E-state index in [0.717, 1.165) is 42.0 Å². The van der Waals surface area contributed by atoms with Gasteiger partial charge in [0.05, 0.1) is 0 Å². The molecule has 2 heterocycles. The molecule has 1 N–H and O–H groups in total. The topological polar surface area (TPSA) is 71.5 Å². The maximum atomic E-state index is 11.7. The molecular weight excluding hydrogens is 308 g/mol. The molecule has 0 fully saturated rings. The van der Waals surface area contributed by atoms with Crippen molar-refractivity contribution in [3.8, 4) is 0 Å². The Hall–Kier alpha value is -1.40. The second kappa shape index (κ2) is 7.56. The van der Waals surface area contributed by atoms with Gasteiger partial charge < -0.3 is 4.98 Å². The van der Waals surface area contributed by atoms with Gasteiger partial charge in [-0.3, -0.25) is 4.79 Å². The number of nitrogens with zero attached hydrogens (tertiary/aromatic N) is 3. The van der Waals surface area contributed by atoms with Gasteiger partial charge in [0.25, 0.3) is 5.56 Å². The molecule has 5 nitrogen and oxygen atoms in total. The summed E-state index contributed by atoms with van der Waals surface area (Å²) in [6.45, 7) is 4.12. The summed E-state index contributed by atoms with van der Waals surface area (Å²) in [7, 11) is 0. The van der Waals surface area contributed by atoms with E-state index in [0.29, 0.717) is 10.3 Å². The molecule has 0 aliphatic heterocycles. The second-order valence-electron chi connectivity index (χ2n) is 4.59. The molecule has 0 unspecified atom stereocenters. The number of aryl methyl sites for hydroxylation is 1. The summed E-state index contributed by atoms with van der Waals surface area (Å²) in [5.74, 6) is 0. The highest BCUT2D eigenvalue weighted by Gasteiger charge is 2.12. The van der Waals surface area contributed by atoms with Gasteiger partial charge in [-0.05, 0) is 24.6 Å². The Morgan fingerprint density at radius 3 is 2.71 bits per heavy atom. The van der Waals surface area contributed by atoms with Crippen molar-refractivity contribution in [1.29, 1.82) is 0 Å². The van der Waals surface area contributed by atoms with Crippen LogP contribution < -0.4 is 5.56 Å². The first-order chi connectivity index (χ1) is 10.1. The lowest BCUT2D eigenvalue weighted by Gasteiger charge is -2.08. The molecule has 0 aromatic carbocycles. The SMILES string of the molecule is CCCc1cc(=O)[nH]c(Sc2ncnc(Cl)c2CCC)n1. The van der Waals surface area contributed by atoms with E-state index in [-0.39, 0.29) is 5.56 Å². The smallest absolute Gasteiger partial charge is 0.251 e. The minimum absolute atomic E-state index is 0.145. The quantitative estimate of drug-likeness (QED) is 0.652. The maximum absolute atomic E-state index is 11.7. The second-order valence-corrected chi connectivity index (χ2v) is 5.93. The van der Waals surface area contributed by atoms with Crippen LogP contribution in [0.4, 0.5) is 0 Å². The lowest BCUT2D eigenvalue weighted by molar-refractivity contribution is 0.810. The Bertz CT molecular complexity index is 674. The molecule has 0 saturated heterocycles. The van der Waals surface area contributed by atoms with Crippen LogP contribution >= 0.6 is 23.4 Å². The zero-order valence-corrected chi connectivity index (χ0v) is 13.6. The summed E-state index contributed by atoms with van der Waals surface area (Å²) in [5, 5.41) is 1.74. The van der Waals surface area contributed by atoms with Crippen LogP contribution in [-0.2, 0) is 12.8 Å². The number of rotatable bonds is 6. The zero-order chi connectivity index (χ0) is 15.2. The first kappa shape index (κ1) is 16.0. The van der Waals surface area contributed by atoms with E-state index in [1.165, 1.54) is 24.2 Å². The highest BCUT2D eigenvalue weighted by molar-refractivity contribution is 7.99. The summed E-state index contributed by atoms with van der Waals surface area (Å²) < 4.78 is 0. The highest BCUT2D eigenvalue weighted by atomic mass is 35.5. The average molecular weight is 325 g/mol. The summed E-state index contributed by atoms with van der Waals surface area (Å²) in [6.07, 6.45) is 4.89. The Morgan fingerprint density at radius 1 is 1.24 bits per heavy atom. The van der Waals surface area contributed by atoms with Gasteiger partial charge in [-0.25, -0.2) is 15.0 Å². The van der Waals surface area contributed by atoms with E-state index in [1.54, 1.807) is 0 Å². The van der Waals surface area contributed by atoms with Crippen LogP contribution in [0, 0.1) is 0 Å². The molecule has 0 saturated carbocycles. The van der Waals surface area contributed by atoms with Crippen molar-refractivity contribution in [2.75, 3.05) is 0 Å². The number of hydrogen-bond donors (Lipinski definition) is 1. The highest BCUT2D eigenvalue weighted by Crippen LogP contribution is 2.29. The monoisotopic (exact) mass is 324 g/mol. The van der Waals surface area contributed by atoms with Crippen LogP contribution in [0.25, 0.3) is 0 Å². The van der Waals surface area contributed by atoms with Crippen molar-refractivity contribution in [3.63, 3.8) is 0 Å². The van der Waals surface area contributed by atoms with Gasteiger partial charge in [-0.15, -0.1) is 0 Å². The average Bonchev–Trinajstić information content (AvgIpc) is 2.42. The van der Waals surface area contributed by atoms with E-state index in [2.05, 4.69) is 33.8 Å². The van der Waals surface area contributed by atoms with Crippen LogP contribution in [-0.4, -0.2) is 19.9 Å². The Kier molecular flexibility index (Phi) is 5.76. The van der Waals surface area contributed by atoms with Crippen molar-refractivity contribution in [3.05, 3.63) is 39.2 Å². The summed E-state index contributed by atoms with van der Waals surface area (Å²) in [4.78, 5) is 27.2. The largest absolute Gasteiger partial charge is 0.301 e. The number of hydrogen-bond acceptors (Lipinski definition) is 5. The Balaban J connectivity index is 2.34. The van der Waals surface area contributed by atoms with Crippen molar-refractivity contribution in [2.45, 2.75) is 49.7 Å². The molecule has 21 heavy (non-hydrogen) atoms. The molecule has 112 valence electrons. The number of H-pyrrole nitrogens is 1. The van der Waals surface area contributed by atoms with Gasteiger partial charge in [0.2, 0.25) is 0 Å². The first-order valence-electron chi connectivity index (χ1n) is 6.91. The van der Waals surface area contributed by atoms with Gasteiger partial charge in [0, 0.05) is 17.3 Å². The molecule has 0 aliphatic carbocycles. The Labute approximate surface area is 132 Å². The van der Waals surface area contributed by atoms with E-state index in [9.17, 15) is 4.79 Å². The maximum Gasteiger partial charge on any atom is 0.251 e. The molecule has 0 amide bonds. The molecular formula is C14H17ClN4OS. The number of halogens is 1. The van der Waals surface area contributed by atoms with Crippen molar-refractivity contribution < 1.29 is 0 Å². The summed E-state index contributed by atoms with van der Waals surface area (Å²) in [6, 6.07) is 1.54. The molecule has 0 aliphatic rings. The van der Waals surface area contributed by atoms with Crippen LogP contribution in [0.2, 0.25) is 5.15 Å². The van der Waals surface area contributed by atoms with Crippen molar-refractivity contribution >= 4 is 23.4 Å². The molecule has 7 heteroatoms. The van der Waals surface area contributed by atoms with Crippen molar-refractivity contribution in [1.82, 2.24) is 19.9 Å². The van der Waals surface area contributed by atoms with Gasteiger partial charge in [0.15, 0.2) is 5.16 Å². The van der Waals surface area contributed by atoms with Crippen LogP contribution in [0.5, 0.6) is 0 Å². The van der Waals surface area contributed by atoms with Gasteiger partial charge in [0.1, 0.15) is 16.5 Å². The number of nitrogens with one attached hydrogen (secondary N) is 1. The minimum Gasteiger partial charge on any atom is -0.301 e. The lowest BCUT2D eigenvalue weighted by atomic mass is 10.2. The lowest BCUT2D eigenvalue weighted by Crippen LogP contribution is -2.10. The summed E-state index contributed by atoms with van der Waals surface area (Å²) >= 11 is 7.45. The standard InChI is InChI=1S/C14H17ClN4OS/c1-3-5-9-7-11(20)19-14(18-9)21-13-10(6-4-2)12(15)16-8-17-13/h7-8H,3-6H2,1-2H3,(H,18,19,20). The van der Waals surface area contributed by atoms with Crippen LogP contribution in [0.3, 0.4) is 0 Å². The number of aromatic amines is 1. The van der Waals surface area contributed by atoms with Crippen molar-refractivity contribution in [2.24, 2.45) is 0 Å². The fourth-order valence-electron chi connectivity index (χ4n) is 1.93. The molecule has 0 atom stereocenters. The molecule has 0 spiro atoms.